The molecule has 0 aliphatic heterocycles. The van der Waals surface area contributed by atoms with Crippen LogP contribution in [-0.4, -0.2) is 21.6 Å². The van der Waals surface area contributed by atoms with Crippen molar-refractivity contribution in [2.45, 2.75) is 0 Å². The molecule has 0 spiro atoms. The predicted molar refractivity (Wildman–Crippen MR) is 62.5 cm³/mol. The molecule has 0 bridgehead atoms. The van der Waals surface area contributed by atoms with Crippen molar-refractivity contribution in [1.29, 1.82) is 5.41 Å². The van der Waals surface area contributed by atoms with Gasteiger partial charge in [-0.05, 0) is 6.07 Å². The zero-order valence-corrected chi connectivity index (χ0v) is 8.54. The van der Waals surface area contributed by atoms with Crippen molar-refractivity contribution in [3.05, 3.63) is 54.4 Å². The van der Waals surface area contributed by atoms with Crippen LogP contribution in [0.4, 0.5) is 0 Å². The number of benzene rings is 1. The molecular weight excluding hydrogens is 202 g/mol. The zero-order valence-electron chi connectivity index (χ0n) is 8.54. The molecule has 1 aromatic carbocycles. The monoisotopic (exact) mass is 213 g/mol. The molecule has 0 amide bonds. The Bertz CT molecular complexity index is 498. The van der Waals surface area contributed by atoms with Gasteiger partial charge in [0.15, 0.2) is 0 Å². The van der Waals surface area contributed by atoms with E-state index < -0.39 is 0 Å². The lowest BCUT2D eigenvalue weighted by Crippen LogP contribution is -2.18. The highest BCUT2D eigenvalue weighted by Gasteiger charge is 2.01. The van der Waals surface area contributed by atoms with Crippen LogP contribution in [0.1, 0.15) is 5.56 Å². The molecule has 0 unspecified atom stereocenters. The molecule has 0 aliphatic carbocycles. The van der Waals surface area contributed by atoms with Gasteiger partial charge in [0.05, 0.1) is 0 Å². The molecule has 0 saturated carbocycles. The molecule has 0 aliphatic rings. The molecule has 2 rings (SSSR count). The van der Waals surface area contributed by atoms with Crippen molar-refractivity contribution in [3.8, 4) is 0 Å². The molecule has 5 heteroatoms. The number of nitrogens with two attached hydrogens (primary N) is 1. The van der Waals surface area contributed by atoms with Gasteiger partial charge < -0.3 is 5.73 Å². The van der Waals surface area contributed by atoms with E-state index in [1.807, 2.05) is 30.3 Å². The van der Waals surface area contributed by atoms with E-state index in [0.29, 0.717) is 5.84 Å². The summed E-state index contributed by atoms with van der Waals surface area (Å²) >= 11 is 0. The van der Waals surface area contributed by atoms with Gasteiger partial charge in [-0.1, -0.05) is 30.3 Å². The van der Waals surface area contributed by atoms with Crippen molar-refractivity contribution in [2.24, 2.45) is 10.7 Å². The summed E-state index contributed by atoms with van der Waals surface area (Å²) in [4.78, 5) is 3.97. The van der Waals surface area contributed by atoms with Gasteiger partial charge in [0.1, 0.15) is 5.84 Å². The first-order chi connectivity index (χ1) is 7.77. The normalized spacial score (nSPS) is 11.4. The number of rotatable bonds is 1. The largest absolute Gasteiger partial charge is 0.383 e. The minimum absolute atomic E-state index is 0.00801. The molecule has 0 fully saturated rings. The SMILES string of the molecule is N=C(/N=C(\N)c1ccccc1)n1cccn1. The highest BCUT2D eigenvalue weighted by molar-refractivity contribution is 6.04. The van der Waals surface area contributed by atoms with Gasteiger partial charge in [0.2, 0.25) is 5.96 Å². The maximum atomic E-state index is 7.66. The average molecular weight is 213 g/mol. The number of aliphatic imine (C=N–C) groups is 1. The first-order valence-electron chi connectivity index (χ1n) is 4.75. The van der Waals surface area contributed by atoms with E-state index in [9.17, 15) is 0 Å². The Labute approximate surface area is 92.7 Å². The van der Waals surface area contributed by atoms with E-state index in [-0.39, 0.29) is 5.96 Å². The van der Waals surface area contributed by atoms with Crippen LogP contribution in [0, 0.1) is 5.41 Å². The zero-order chi connectivity index (χ0) is 11.4. The number of aromatic nitrogens is 2. The van der Waals surface area contributed by atoms with Gasteiger partial charge in [0, 0.05) is 18.0 Å². The molecule has 0 atom stereocenters. The number of nitrogens with one attached hydrogen (secondary N) is 1. The van der Waals surface area contributed by atoms with E-state index in [0.717, 1.165) is 5.56 Å². The summed E-state index contributed by atoms with van der Waals surface area (Å²) in [7, 11) is 0. The lowest BCUT2D eigenvalue weighted by molar-refractivity contribution is 0.911. The fourth-order valence-corrected chi connectivity index (χ4v) is 1.23. The van der Waals surface area contributed by atoms with Crippen molar-refractivity contribution in [2.75, 3.05) is 0 Å². The Morgan fingerprint density at radius 2 is 2.00 bits per heavy atom. The summed E-state index contributed by atoms with van der Waals surface area (Å²) in [5.74, 6) is 0.299. The third-order valence-corrected chi connectivity index (χ3v) is 2.02. The second-order valence-corrected chi connectivity index (χ2v) is 3.14. The van der Waals surface area contributed by atoms with Crippen LogP contribution >= 0.6 is 0 Å². The van der Waals surface area contributed by atoms with E-state index in [2.05, 4.69) is 10.1 Å². The smallest absolute Gasteiger partial charge is 0.244 e. The van der Waals surface area contributed by atoms with Crippen LogP contribution in [0.3, 0.4) is 0 Å². The van der Waals surface area contributed by atoms with Crippen LogP contribution in [0.2, 0.25) is 0 Å². The number of hydrogen-bond donors (Lipinski definition) is 2. The summed E-state index contributed by atoms with van der Waals surface area (Å²) in [5.41, 5.74) is 6.56. The lowest BCUT2D eigenvalue weighted by Gasteiger charge is -2.01. The van der Waals surface area contributed by atoms with Gasteiger partial charge in [0.25, 0.3) is 0 Å². The van der Waals surface area contributed by atoms with Crippen molar-refractivity contribution < 1.29 is 0 Å². The molecule has 0 radical (unpaired) electrons. The Balaban J connectivity index is 2.23. The molecule has 1 aromatic heterocycles. The van der Waals surface area contributed by atoms with Crippen LogP contribution in [0.15, 0.2) is 53.8 Å². The number of nitrogens with zero attached hydrogens (tertiary/aromatic N) is 3. The fraction of sp³-hybridized carbons (Fsp3) is 0. The minimum atomic E-state index is -0.00801. The summed E-state index contributed by atoms with van der Waals surface area (Å²) < 4.78 is 1.34. The van der Waals surface area contributed by atoms with Gasteiger partial charge in [-0.25, -0.2) is 4.68 Å². The topological polar surface area (TPSA) is 80.0 Å². The molecule has 16 heavy (non-hydrogen) atoms. The minimum Gasteiger partial charge on any atom is -0.383 e. The average Bonchev–Trinajstić information content (AvgIpc) is 2.83. The van der Waals surface area contributed by atoms with E-state index >= 15 is 0 Å². The highest BCUT2D eigenvalue weighted by Crippen LogP contribution is 1.98. The number of amidine groups is 1. The fourth-order valence-electron chi connectivity index (χ4n) is 1.23. The molecular formula is C11H11N5. The first kappa shape index (κ1) is 10.1. The molecule has 3 N–H and O–H groups in total. The van der Waals surface area contributed by atoms with E-state index in [1.54, 1.807) is 18.5 Å². The number of hydrogen-bond acceptors (Lipinski definition) is 2. The lowest BCUT2D eigenvalue weighted by atomic mass is 10.2. The van der Waals surface area contributed by atoms with Gasteiger partial charge in [-0.15, -0.1) is 0 Å². The van der Waals surface area contributed by atoms with E-state index in [1.165, 1.54) is 4.68 Å². The Morgan fingerprint density at radius 1 is 1.25 bits per heavy atom. The Hall–Kier alpha value is -2.43. The van der Waals surface area contributed by atoms with E-state index in [4.69, 9.17) is 11.1 Å². The van der Waals surface area contributed by atoms with Crippen molar-refractivity contribution in [3.63, 3.8) is 0 Å². The highest BCUT2D eigenvalue weighted by atomic mass is 15.3. The molecule has 5 nitrogen and oxygen atoms in total. The third-order valence-electron chi connectivity index (χ3n) is 2.02. The second-order valence-electron chi connectivity index (χ2n) is 3.14. The van der Waals surface area contributed by atoms with Crippen molar-refractivity contribution in [1.82, 2.24) is 9.78 Å². The predicted octanol–water partition coefficient (Wildman–Crippen LogP) is 1.07. The first-order valence-corrected chi connectivity index (χ1v) is 4.75. The third kappa shape index (κ3) is 2.14. The molecule has 2 aromatic rings. The van der Waals surface area contributed by atoms with Crippen LogP contribution in [0.5, 0.6) is 0 Å². The molecule has 0 saturated heterocycles. The molecule has 1 heterocycles. The van der Waals surface area contributed by atoms with Gasteiger partial charge >= 0.3 is 0 Å². The van der Waals surface area contributed by atoms with Gasteiger partial charge in [-0.2, -0.15) is 10.1 Å². The summed E-state index contributed by atoms with van der Waals surface area (Å²) in [5, 5.41) is 11.6. The van der Waals surface area contributed by atoms with Crippen LogP contribution in [0.25, 0.3) is 0 Å². The summed E-state index contributed by atoms with van der Waals surface area (Å²) in [6.07, 6.45) is 3.23. The van der Waals surface area contributed by atoms with Crippen molar-refractivity contribution >= 4 is 11.8 Å². The van der Waals surface area contributed by atoms with Gasteiger partial charge in [-0.3, -0.25) is 5.41 Å². The summed E-state index contributed by atoms with van der Waals surface area (Å²) in [6.45, 7) is 0. The summed E-state index contributed by atoms with van der Waals surface area (Å²) in [6, 6.07) is 11.0. The maximum absolute atomic E-state index is 7.66. The quantitative estimate of drug-likeness (QED) is 0.549. The second kappa shape index (κ2) is 4.39. The van der Waals surface area contributed by atoms with Crippen LogP contribution in [-0.2, 0) is 0 Å². The Kier molecular flexibility index (Phi) is 2.77. The molecule has 80 valence electrons. The Morgan fingerprint density at radius 3 is 2.62 bits per heavy atom. The maximum Gasteiger partial charge on any atom is 0.244 e. The standard InChI is InChI=1S/C11H11N5/c12-10(9-5-2-1-3-6-9)15-11(13)16-8-4-7-14-16/h1-8H,(H3,12,13,15). The van der Waals surface area contributed by atoms with Crippen LogP contribution < -0.4 is 5.73 Å².